The molecule has 3 unspecified atom stereocenters. The molecule has 0 bridgehead atoms. The molecule has 0 spiro atoms. The minimum absolute atomic E-state index is 0.0660. The summed E-state index contributed by atoms with van der Waals surface area (Å²) in [6.45, 7) is 6.21. The zero-order chi connectivity index (χ0) is 33.4. The Kier molecular flexibility index (Phi) is 33.0. The predicted octanol–water partition coefficient (Wildman–Crippen LogP) is 5.14. The third-order valence-corrected chi connectivity index (χ3v) is 6.92. The molecule has 0 heterocycles. The number of unbranched alkanes of at least 4 members (excludes halogenated alkanes) is 7. The molecule has 0 amide bonds. The van der Waals surface area contributed by atoms with Gasteiger partial charge in [0.25, 0.3) is 0 Å². The van der Waals surface area contributed by atoms with Gasteiger partial charge in [0.1, 0.15) is 13.2 Å². The van der Waals surface area contributed by atoms with E-state index in [0.717, 1.165) is 95.6 Å². The molecular weight excluding hydrogens is 615 g/mol. The molecular formula is C32H56Cl2O10. The van der Waals surface area contributed by atoms with Gasteiger partial charge in [0.2, 0.25) is 0 Å². The first-order chi connectivity index (χ1) is 21.1. The number of carbonyl (C=O) groups excluding carboxylic acids is 3. The van der Waals surface area contributed by atoms with Crippen LogP contribution in [-0.4, -0.2) is 94.8 Å². The molecule has 3 atom stereocenters. The van der Waals surface area contributed by atoms with E-state index in [1.165, 1.54) is 0 Å². The van der Waals surface area contributed by atoms with Crippen LogP contribution in [0.2, 0.25) is 0 Å². The number of aliphatic hydroxyl groups excluding tert-OH is 4. The molecule has 0 radical (unpaired) electrons. The van der Waals surface area contributed by atoms with Gasteiger partial charge in [-0.2, -0.15) is 0 Å². The molecule has 0 aliphatic heterocycles. The van der Waals surface area contributed by atoms with Gasteiger partial charge in [0, 0.05) is 37.5 Å². The lowest BCUT2D eigenvalue weighted by atomic mass is 10.1. The molecule has 0 aromatic rings. The number of hydrogen-bond donors (Lipinski definition) is 4. The second kappa shape index (κ2) is 32.7. The van der Waals surface area contributed by atoms with E-state index in [4.69, 9.17) is 52.7 Å². The molecule has 44 heavy (non-hydrogen) atoms. The van der Waals surface area contributed by atoms with Crippen LogP contribution in [0.3, 0.4) is 0 Å². The summed E-state index contributed by atoms with van der Waals surface area (Å²) >= 11 is 12.1. The van der Waals surface area contributed by atoms with Crippen molar-refractivity contribution in [2.24, 2.45) is 0 Å². The number of rotatable bonds is 27. The van der Waals surface area contributed by atoms with Gasteiger partial charge in [-0.1, -0.05) is 38.7 Å². The van der Waals surface area contributed by atoms with Crippen LogP contribution in [0.5, 0.6) is 0 Å². The molecule has 10 nitrogen and oxygen atoms in total. The summed E-state index contributed by atoms with van der Waals surface area (Å²) in [5.74, 6) is -1.65. The molecule has 0 saturated heterocycles. The van der Waals surface area contributed by atoms with Gasteiger partial charge in [-0.15, -0.1) is 23.2 Å². The number of ether oxygens (including phenoxy) is 3. The fraction of sp³-hybridized carbons (Fsp3) is 0.781. The zero-order valence-electron chi connectivity index (χ0n) is 26.4. The van der Waals surface area contributed by atoms with Crippen molar-refractivity contribution < 1.29 is 49.0 Å². The average Bonchev–Trinajstić information content (AvgIpc) is 3.00. The first-order valence-corrected chi connectivity index (χ1v) is 16.6. The summed E-state index contributed by atoms with van der Waals surface area (Å²) in [4.78, 5) is 34.1. The van der Waals surface area contributed by atoms with Gasteiger partial charge in [-0.25, -0.2) is 14.4 Å². The molecule has 258 valence electrons. The average molecular weight is 672 g/mol. The maximum atomic E-state index is 11.5. The summed E-state index contributed by atoms with van der Waals surface area (Å²) in [7, 11) is 0. The number of aliphatic hydroxyl groups is 4. The minimum atomic E-state index is -0.658. The van der Waals surface area contributed by atoms with Crippen molar-refractivity contribution in [1.82, 2.24) is 0 Å². The van der Waals surface area contributed by atoms with E-state index in [-0.39, 0.29) is 55.9 Å². The molecule has 0 fully saturated rings. The molecule has 0 rings (SSSR count). The van der Waals surface area contributed by atoms with Crippen LogP contribution in [0.1, 0.15) is 103 Å². The third-order valence-electron chi connectivity index (χ3n) is 6.23. The van der Waals surface area contributed by atoms with Crippen LogP contribution in [0, 0.1) is 0 Å². The van der Waals surface area contributed by atoms with Gasteiger partial charge in [-0.3, -0.25) is 0 Å². The van der Waals surface area contributed by atoms with Gasteiger partial charge < -0.3 is 34.6 Å². The zero-order valence-corrected chi connectivity index (χ0v) is 27.9. The lowest BCUT2D eigenvalue weighted by Crippen LogP contribution is -2.14. The molecule has 0 aromatic carbocycles. The van der Waals surface area contributed by atoms with Crippen molar-refractivity contribution in [3.8, 4) is 0 Å². The molecule has 4 N–H and O–H groups in total. The Morgan fingerprint density at radius 1 is 0.636 bits per heavy atom. The van der Waals surface area contributed by atoms with Crippen molar-refractivity contribution >= 4 is 41.1 Å². The highest BCUT2D eigenvalue weighted by molar-refractivity contribution is 6.21. The SMILES string of the molecule is C=C(C)C(=O)OCCCCCC(O)CCCCO.O=C(/C=C/C(=O)OCC(Cl)CCCCCO)OCC(Cl)CCCCCO. The van der Waals surface area contributed by atoms with Crippen molar-refractivity contribution in [3.63, 3.8) is 0 Å². The number of halogens is 2. The fourth-order valence-electron chi connectivity index (χ4n) is 3.64. The maximum Gasteiger partial charge on any atom is 0.333 e. The van der Waals surface area contributed by atoms with Gasteiger partial charge >= 0.3 is 17.9 Å². The van der Waals surface area contributed by atoms with Gasteiger partial charge in [0.05, 0.1) is 23.5 Å². The Morgan fingerprint density at radius 3 is 1.45 bits per heavy atom. The van der Waals surface area contributed by atoms with Crippen molar-refractivity contribution in [3.05, 3.63) is 24.3 Å². The maximum absolute atomic E-state index is 11.5. The molecule has 0 aliphatic rings. The molecule has 0 saturated carbocycles. The Bertz CT molecular complexity index is 727. The number of esters is 3. The van der Waals surface area contributed by atoms with E-state index in [0.29, 0.717) is 25.0 Å². The van der Waals surface area contributed by atoms with Crippen molar-refractivity contribution in [1.29, 1.82) is 0 Å². The van der Waals surface area contributed by atoms with Crippen molar-refractivity contribution in [2.45, 2.75) is 120 Å². The van der Waals surface area contributed by atoms with Crippen LogP contribution in [0.4, 0.5) is 0 Å². The Labute approximate surface area is 273 Å². The minimum Gasteiger partial charge on any atom is -0.462 e. The molecule has 0 aromatic heterocycles. The Balaban J connectivity index is 0. The standard InChI is InChI=1S/C18H30Cl2O6.C14H26O4/c19-15(7-3-1-5-11-21)13-25-17(23)9-10-18(24)26-14-16(20)8-4-2-6-12-22;1-12(2)14(17)18-11-7-3-4-8-13(16)9-5-6-10-15/h9-10,15-16,21-22H,1-8,11-14H2;13,15-16H,1,3-11H2,2H3/b10-9+;. The highest BCUT2D eigenvalue weighted by Gasteiger charge is 2.10. The lowest BCUT2D eigenvalue weighted by Gasteiger charge is -2.09. The second-order valence-electron chi connectivity index (χ2n) is 10.6. The van der Waals surface area contributed by atoms with E-state index in [9.17, 15) is 19.5 Å². The topological polar surface area (TPSA) is 160 Å². The summed E-state index contributed by atoms with van der Waals surface area (Å²) < 4.78 is 14.9. The Hall–Kier alpha value is -1.69. The summed E-state index contributed by atoms with van der Waals surface area (Å²) in [6.07, 6.45) is 13.9. The van der Waals surface area contributed by atoms with Crippen LogP contribution < -0.4 is 0 Å². The van der Waals surface area contributed by atoms with Gasteiger partial charge in [-0.05, 0) is 71.1 Å². The van der Waals surface area contributed by atoms with Crippen LogP contribution in [0.15, 0.2) is 24.3 Å². The summed E-state index contributed by atoms with van der Waals surface area (Å²) in [5, 5.41) is 35.0. The summed E-state index contributed by atoms with van der Waals surface area (Å²) in [5.41, 5.74) is 0.425. The van der Waals surface area contributed by atoms with Crippen LogP contribution in [0.25, 0.3) is 0 Å². The van der Waals surface area contributed by atoms with Crippen LogP contribution >= 0.6 is 23.2 Å². The first kappa shape index (κ1) is 44.4. The van der Waals surface area contributed by atoms with Crippen LogP contribution in [-0.2, 0) is 28.6 Å². The van der Waals surface area contributed by atoms with E-state index < -0.39 is 11.9 Å². The van der Waals surface area contributed by atoms with E-state index in [2.05, 4.69) is 6.58 Å². The lowest BCUT2D eigenvalue weighted by molar-refractivity contribution is -0.140. The number of hydrogen-bond acceptors (Lipinski definition) is 10. The van der Waals surface area contributed by atoms with Crippen molar-refractivity contribution in [2.75, 3.05) is 39.6 Å². The number of carbonyl (C=O) groups is 3. The molecule has 12 heteroatoms. The van der Waals surface area contributed by atoms with Gasteiger partial charge in [0.15, 0.2) is 0 Å². The summed E-state index contributed by atoms with van der Waals surface area (Å²) in [6, 6.07) is 0. The second-order valence-corrected chi connectivity index (χ2v) is 11.8. The van der Waals surface area contributed by atoms with E-state index >= 15 is 0 Å². The smallest absolute Gasteiger partial charge is 0.333 e. The molecule has 0 aliphatic carbocycles. The predicted molar refractivity (Wildman–Crippen MR) is 173 cm³/mol. The normalized spacial score (nSPS) is 13.0. The number of alkyl halides is 2. The van der Waals surface area contributed by atoms with E-state index in [1.54, 1.807) is 6.92 Å². The monoisotopic (exact) mass is 670 g/mol. The fourth-order valence-corrected chi connectivity index (χ4v) is 4.07. The largest absolute Gasteiger partial charge is 0.462 e. The van der Waals surface area contributed by atoms with E-state index in [1.807, 2.05) is 0 Å². The Morgan fingerprint density at radius 2 is 1.02 bits per heavy atom. The third kappa shape index (κ3) is 33.2. The quantitative estimate of drug-likeness (QED) is 0.0303. The first-order valence-electron chi connectivity index (χ1n) is 15.7. The highest BCUT2D eigenvalue weighted by atomic mass is 35.5. The highest BCUT2D eigenvalue weighted by Crippen LogP contribution is 2.12.